The van der Waals surface area contributed by atoms with Crippen LogP contribution in [0.4, 0.5) is 38.1 Å². The Balaban J connectivity index is 2.03. The van der Waals surface area contributed by atoms with Gasteiger partial charge in [-0.25, -0.2) is 18.4 Å². The summed E-state index contributed by atoms with van der Waals surface area (Å²) < 4.78 is 104. The third kappa shape index (κ3) is 7.71. The lowest BCUT2D eigenvalue weighted by Gasteiger charge is -2.31. The lowest BCUT2D eigenvalue weighted by atomic mass is 9.99. The van der Waals surface area contributed by atoms with Crippen LogP contribution in [0, 0.1) is 11.6 Å². The number of alkyl halides is 3. The number of rotatable bonds is 7. The molecule has 3 atom stereocenters. The third-order valence-electron chi connectivity index (χ3n) is 6.26. The van der Waals surface area contributed by atoms with Crippen molar-refractivity contribution in [2.45, 2.75) is 75.6 Å². The summed E-state index contributed by atoms with van der Waals surface area (Å²) in [6.07, 6.45) is -5.37. The van der Waals surface area contributed by atoms with Crippen LogP contribution in [0.3, 0.4) is 0 Å². The predicted molar refractivity (Wildman–Crippen MR) is 148 cm³/mol. The van der Waals surface area contributed by atoms with Gasteiger partial charge in [-0.05, 0) is 58.9 Å². The molecular weight excluding hydrogens is 603 g/mol. The van der Waals surface area contributed by atoms with E-state index < -0.39 is 81.6 Å². The Kier molecular flexibility index (Phi) is 9.66. The number of anilines is 2. The molecule has 43 heavy (non-hydrogen) atoms. The Morgan fingerprint density at radius 2 is 1.84 bits per heavy atom. The molecular formula is C27H33F5N4O6S. The van der Waals surface area contributed by atoms with Crippen molar-refractivity contribution in [3.05, 3.63) is 42.1 Å². The summed E-state index contributed by atoms with van der Waals surface area (Å²) in [6, 6.07) is 2.55. The molecule has 0 saturated carbocycles. The molecule has 3 rings (SSSR count). The highest BCUT2D eigenvalue weighted by Gasteiger charge is 2.63. The number of pyridine rings is 1. The molecule has 238 valence electrons. The Bertz CT molecular complexity index is 1500. The first-order valence-corrected chi connectivity index (χ1v) is 14.9. The third-order valence-corrected chi connectivity index (χ3v) is 7.76. The fourth-order valence-corrected chi connectivity index (χ4v) is 5.33. The molecule has 1 saturated heterocycles. The van der Waals surface area contributed by atoms with E-state index in [0.717, 1.165) is 36.6 Å². The van der Waals surface area contributed by atoms with Crippen LogP contribution >= 0.6 is 0 Å². The summed E-state index contributed by atoms with van der Waals surface area (Å²) in [5.41, 5.74) is -4.08. The second-order valence-corrected chi connectivity index (χ2v) is 13.4. The molecule has 1 aromatic carbocycles. The van der Waals surface area contributed by atoms with Crippen LogP contribution in [0.25, 0.3) is 0 Å². The summed E-state index contributed by atoms with van der Waals surface area (Å²) in [6.45, 7) is 6.86. The summed E-state index contributed by atoms with van der Waals surface area (Å²) >= 11 is 0. The molecule has 1 fully saturated rings. The molecule has 2 amide bonds. The van der Waals surface area contributed by atoms with Gasteiger partial charge in [0.1, 0.15) is 26.4 Å². The maximum Gasteiger partial charge on any atom is 0.442 e. The number of methoxy groups -OCH3 is 1. The number of hydrogen-bond acceptors (Lipinski definition) is 8. The van der Waals surface area contributed by atoms with E-state index in [9.17, 15) is 35.8 Å². The SMILES string of the molecule is COC1(C(F)(F)F)CC(C(=O)Nc2ccnc([S@@](C)(=O)=NC(=O)OC(C)(C)C)c2)N(c2ccc(F)c(F)c2OC(C)C)C1. The van der Waals surface area contributed by atoms with Gasteiger partial charge in [0.25, 0.3) is 0 Å². The highest BCUT2D eigenvalue weighted by atomic mass is 32.2. The molecule has 2 heterocycles. The summed E-state index contributed by atoms with van der Waals surface area (Å²) in [4.78, 5) is 30.6. The molecule has 1 aliphatic heterocycles. The van der Waals surface area contributed by atoms with Gasteiger partial charge < -0.3 is 24.4 Å². The van der Waals surface area contributed by atoms with Gasteiger partial charge in [0, 0.05) is 31.7 Å². The number of nitrogens with one attached hydrogen (secondary N) is 1. The van der Waals surface area contributed by atoms with E-state index in [1.165, 1.54) is 19.9 Å². The summed E-state index contributed by atoms with van der Waals surface area (Å²) in [7, 11) is -2.63. The molecule has 1 N–H and O–H groups in total. The molecule has 0 radical (unpaired) electrons. The zero-order chi connectivity index (χ0) is 32.5. The van der Waals surface area contributed by atoms with Crippen LogP contribution < -0.4 is 15.0 Å². The Hall–Kier alpha value is -3.53. The van der Waals surface area contributed by atoms with Crippen LogP contribution in [-0.2, 0) is 24.0 Å². The average molecular weight is 637 g/mol. The number of carbonyl (C=O) groups is 2. The molecule has 0 aliphatic carbocycles. The maximum atomic E-state index is 14.8. The van der Waals surface area contributed by atoms with Crippen molar-refractivity contribution in [1.82, 2.24) is 4.98 Å². The van der Waals surface area contributed by atoms with E-state index >= 15 is 0 Å². The van der Waals surface area contributed by atoms with E-state index in [1.807, 2.05) is 0 Å². The van der Waals surface area contributed by atoms with Crippen LogP contribution in [0.1, 0.15) is 41.0 Å². The molecule has 1 aromatic heterocycles. The van der Waals surface area contributed by atoms with Crippen molar-refractivity contribution in [3.8, 4) is 5.75 Å². The normalized spacial score (nSPS) is 20.5. The molecule has 10 nitrogen and oxygen atoms in total. The lowest BCUT2D eigenvalue weighted by molar-refractivity contribution is -0.261. The molecule has 2 unspecified atom stereocenters. The van der Waals surface area contributed by atoms with Crippen molar-refractivity contribution in [2.24, 2.45) is 4.36 Å². The van der Waals surface area contributed by atoms with E-state index in [2.05, 4.69) is 14.7 Å². The van der Waals surface area contributed by atoms with Crippen molar-refractivity contribution < 1.29 is 50.0 Å². The van der Waals surface area contributed by atoms with Gasteiger partial charge in [-0.15, -0.1) is 4.36 Å². The highest BCUT2D eigenvalue weighted by Crippen LogP contribution is 2.47. The minimum Gasteiger partial charge on any atom is -0.486 e. The predicted octanol–water partition coefficient (Wildman–Crippen LogP) is 5.70. The van der Waals surface area contributed by atoms with Gasteiger partial charge in [-0.1, -0.05) is 0 Å². The zero-order valence-electron chi connectivity index (χ0n) is 24.5. The lowest BCUT2D eigenvalue weighted by Crippen LogP contribution is -2.49. The first-order valence-electron chi connectivity index (χ1n) is 12.9. The van der Waals surface area contributed by atoms with Crippen molar-refractivity contribution >= 4 is 33.1 Å². The van der Waals surface area contributed by atoms with Crippen molar-refractivity contribution in [2.75, 3.05) is 30.1 Å². The molecule has 1 aliphatic rings. The fourth-order valence-electron chi connectivity index (χ4n) is 4.31. The number of aromatic nitrogens is 1. The van der Waals surface area contributed by atoms with Gasteiger partial charge in [0.05, 0.1) is 18.3 Å². The Labute approximate surface area is 246 Å². The molecule has 16 heteroatoms. The largest absolute Gasteiger partial charge is 0.486 e. The molecule has 0 bridgehead atoms. The standard InChI is InChI=1S/C27H33F5N4O6S/c1-15(2)41-22-18(9-8-17(28)21(22)29)36-14-26(40-6,27(30,31)32)13-19(36)23(37)34-16-10-11-33-20(12-16)43(7,39)35-24(38)42-25(3,4)5/h8-12,15,19H,13-14H2,1-7H3,(H,33,34,37)/t19?,26?,43-/m1/s1. The van der Waals surface area contributed by atoms with Gasteiger partial charge in [0.15, 0.2) is 17.2 Å². The number of nitrogens with zero attached hydrogens (tertiary/aromatic N) is 3. The number of ether oxygens (including phenoxy) is 3. The number of carbonyl (C=O) groups excluding carboxylic acids is 2. The molecule has 2 aromatic rings. The molecule has 0 spiro atoms. The van der Waals surface area contributed by atoms with E-state index in [1.54, 1.807) is 20.8 Å². The second-order valence-electron chi connectivity index (χ2n) is 11.2. The Morgan fingerprint density at radius 3 is 2.40 bits per heavy atom. The average Bonchev–Trinajstić information content (AvgIpc) is 3.27. The number of hydrogen-bond donors (Lipinski definition) is 1. The highest BCUT2D eigenvalue weighted by molar-refractivity contribution is 7.93. The van der Waals surface area contributed by atoms with E-state index in [0.29, 0.717) is 6.07 Å². The van der Waals surface area contributed by atoms with Crippen LogP contribution in [0.2, 0.25) is 0 Å². The topological polar surface area (TPSA) is 119 Å². The van der Waals surface area contributed by atoms with Crippen LogP contribution in [-0.4, -0.2) is 70.6 Å². The van der Waals surface area contributed by atoms with Gasteiger partial charge in [-0.3, -0.25) is 4.79 Å². The quantitative estimate of drug-likeness (QED) is 0.385. The van der Waals surface area contributed by atoms with Crippen molar-refractivity contribution in [3.63, 3.8) is 0 Å². The fraction of sp³-hybridized carbons (Fsp3) is 0.519. The van der Waals surface area contributed by atoms with Crippen LogP contribution in [0.5, 0.6) is 5.75 Å². The van der Waals surface area contributed by atoms with Gasteiger partial charge >= 0.3 is 12.3 Å². The van der Waals surface area contributed by atoms with Gasteiger partial charge in [-0.2, -0.15) is 17.6 Å². The Morgan fingerprint density at radius 1 is 1.19 bits per heavy atom. The number of benzene rings is 1. The van der Waals surface area contributed by atoms with E-state index in [-0.39, 0.29) is 16.4 Å². The van der Waals surface area contributed by atoms with Crippen LogP contribution in [0.15, 0.2) is 39.9 Å². The smallest absolute Gasteiger partial charge is 0.442 e. The summed E-state index contributed by atoms with van der Waals surface area (Å²) in [5, 5.41) is 2.24. The second kappa shape index (κ2) is 12.2. The number of halogens is 5. The zero-order valence-corrected chi connectivity index (χ0v) is 25.4. The minimum absolute atomic E-state index is 0.0326. The monoisotopic (exact) mass is 636 g/mol. The van der Waals surface area contributed by atoms with E-state index in [4.69, 9.17) is 14.2 Å². The first-order chi connectivity index (χ1) is 19.7. The van der Waals surface area contributed by atoms with Gasteiger partial charge in [0.2, 0.25) is 11.7 Å². The minimum atomic E-state index is -4.95. The summed E-state index contributed by atoms with van der Waals surface area (Å²) in [5.74, 6) is -4.37. The number of amides is 2. The first kappa shape index (κ1) is 34.0. The maximum absolute atomic E-state index is 14.8. The van der Waals surface area contributed by atoms with Crippen molar-refractivity contribution in [1.29, 1.82) is 0 Å².